The van der Waals surface area contributed by atoms with E-state index in [2.05, 4.69) is 0 Å². The van der Waals surface area contributed by atoms with Crippen molar-refractivity contribution in [3.8, 4) is 0 Å². The third-order valence-electron chi connectivity index (χ3n) is 1.20. The van der Waals surface area contributed by atoms with Gasteiger partial charge in [-0.3, -0.25) is 0 Å². The van der Waals surface area contributed by atoms with Gasteiger partial charge in [0.1, 0.15) is 0 Å². The van der Waals surface area contributed by atoms with E-state index in [-0.39, 0.29) is 0 Å². The fraction of sp³-hybridized carbons (Fsp3) is 0. The van der Waals surface area contributed by atoms with E-state index in [4.69, 9.17) is 34.8 Å². The third kappa shape index (κ3) is 2.04. The van der Waals surface area contributed by atoms with Crippen molar-refractivity contribution in [1.82, 2.24) is 0 Å². The van der Waals surface area contributed by atoms with Crippen LogP contribution < -0.4 is 2.81 Å². The van der Waals surface area contributed by atoms with Crippen LogP contribution in [0.5, 0.6) is 0 Å². The van der Waals surface area contributed by atoms with Gasteiger partial charge < -0.3 is 0 Å². The number of benzene rings is 1. The van der Waals surface area contributed by atoms with Crippen molar-refractivity contribution in [2.45, 2.75) is 0 Å². The van der Waals surface area contributed by atoms with Crippen LogP contribution in [0.4, 0.5) is 0 Å². The zero-order valence-electron chi connectivity index (χ0n) is 5.29. The fourth-order valence-corrected chi connectivity index (χ4v) is 1.84. The molecule has 0 atom stereocenters. The van der Waals surface area contributed by atoms with Crippen LogP contribution in [-0.4, -0.2) is 27.9 Å². The van der Waals surface area contributed by atoms with Crippen LogP contribution in [0.15, 0.2) is 12.1 Å². The summed E-state index contributed by atoms with van der Waals surface area (Å²) in [5.41, 5.74) is 0. The average Bonchev–Trinajstić information content (AvgIpc) is 1.84. The zero-order chi connectivity index (χ0) is 7.72. The molecule has 0 unspecified atom stereocenters. The van der Waals surface area contributed by atoms with Crippen LogP contribution >= 0.6 is 34.8 Å². The molecule has 1 aromatic carbocycles. The normalized spacial score (nSPS) is 10.1. The first-order valence-electron chi connectivity index (χ1n) is 2.72. The number of halogens is 3. The average molecular weight is 203 g/mol. The topological polar surface area (TPSA) is 0 Å². The second kappa shape index (κ2) is 3.66. The van der Waals surface area contributed by atoms with Crippen LogP contribution in [0, 0.1) is 0 Å². The molecular weight excluding hydrogens is 201 g/mol. The Morgan fingerprint density at radius 1 is 0.900 bits per heavy atom. The Hall–Kier alpha value is 1.09. The van der Waals surface area contributed by atoms with Crippen molar-refractivity contribution in [1.29, 1.82) is 0 Å². The van der Waals surface area contributed by atoms with Gasteiger partial charge in [-0.25, -0.2) is 0 Å². The molecule has 4 heteroatoms. The van der Waals surface area contributed by atoms with Gasteiger partial charge in [0.15, 0.2) is 0 Å². The monoisotopic (exact) mass is 202 g/mol. The predicted molar refractivity (Wildman–Crippen MR) is 46.9 cm³/mol. The summed E-state index contributed by atoms with van der Waals surface area (Å²) in [5, 5.41) is 1.81. The standard InChI is InChI=1S/C6H2Cl3.Na/c7-4-1-2-5(8)6(9)3-4;/h2-3H;. The van der Waals surface area contributed by atoms with E-state index in [1.54, 1.807) is 12.1 Å². The van der Waals surface area contributed by atoms with Crippen LogP contribution in [0.1, 0.15) is 0 Å². The van der Waals surface area contributed by atoms with Gasteiger partial charge in [-0.1, -0.05) is 0 Å². The number of rotatable bonds is 0. The first kappa shape index (κ1) is 9.18. The second-order valence-corrected chi connectivity index (χ2v) is 4.31. The van der Waals surface area contributed by atoms with Gasteiger partial charge >= 0.3 is 92.7 Å². The summed E-state index contributed by atoms with van der Waals surface area (Å²) in [6.07, 6.45) is 0. The van der Waals surface area contributed by atoms with Gasteiger partial charge in [-0.2, -0.15) is 0 Å². The van der Waals surface area contributed by atoms with Gasteiger partial charge in [-0.15, -0.1) is 0 Å². The number of hydrogen-bond acceptors (Lipinski definition) is 0. The summed E-state index contributed by atoms with van der Waals surface area (Å²) in [6.45, 7) is 0. The van der Waals surface area contributed by atoms with Crippen LogP contribution in [0.2, 0.25) is 15.1 Å². The van der Waals surface area contributed by atoms with Gasteiger partial charge in [0.25, 0.3) is 0 Å². The molecule has 0 aliphatic carbocycles. The van der Waals surface area contributed by atoms with Gasteiger partial charge in [0.2, 0.25) is 0 Å². The summed E-state index contributed by atoms with van der Waals surface area (Å²) < 4.78 is 1.08. The third-order valence-corrected chi connectivity index (χ3v) is 3.48. The molecule has 0 radical (unpaired) electrons. The summed E-state index contributed by atoms with van der Waals surface area (Å²) in [7, 11) is 0. The van der Waals surface area contributed by atoms with E-state index < -0.39 is 0 Å². The first-order valence-corrected chi connectivity index (χ1v) is 4.86. The van der Waals surface area contributed by atoms with Gasteiger partial charge in [0, 0.05) is 0 Å². The first-order chi connectivity index (χ1) is 4.61. The molecule has 0 aliphatic heterocycles. The maximum absolute atomic E-state index is 5.78. The SMILES string of the molecule is [Na][c]1cc(Cl)c(Cl)cc1Cl. The Kier molecular flexibility index (Phi) is 3.36. The molecule has 1 rings (SSSR count). The predicted octanol–water partition coefficient (Wildman–Crippen LogP) is 2.44. The van der Waals surface area contributed by atoms with Crippen molar-refractivity contribution < 1.29 is 0 Å². The quantitative estimate of drug-likeness (QED) is 0.449. The minimum atomic E-state index is 0.520. The van der Waals surface area contributed by atoms with Crippen LogP contribution in [0.3, 0.4) is 0 Å². The van der Waals surface area contributed by atoms with Crippen molar-refractivity contribution >= 4 is 65.5 Å². The molecule has 0 aromatic heterocycles. The molecule has 0 saturated heterocycles. The molecule has 0 spiro atoms. The molecule has 1 aromatic rings. The molecule has 0 amide bonds. The molecule has 0 nitrogen and oxygen atoms in total. The van der Waals surface area contributed by atoms with Crippen molar-refractivity contribution in [3.63, 3.8) is 0 Å². The Morgan fingerprint density at radius 3 is 1.90 bits per heavy atom. The summed E-state index contributed by atoms with van der Waals surface area (Å²) in [6, 6.07) is 3.48. The van der Waals surface area contributed by atoms with E-state index in [0.29, 0.717) is 15.1 Å². The molecule has 48 valence electrons. The molecule has 0 aliphatic rings. The molecule has 0 N–H and O–H groups in total. The summed E-state index contributed by atoms with van der Waals surface area (Å²) in [4.78, 5) is 0. The van der Waals surface area contributed by atoms with Crippen molar-refractivity contribution in [3.05, 3.63) is 27.2 Å². The number of hydrogen-bond donors (Lipinski definition) is 0. The Balaban J connectivity index is 3.28. The molecular formula is C6H2Cl3Na. The summed E-state index contributed by atoms with van der Waals surface area (Å²) >= 11 is 18.1. The van der Waals surface area contributed by atoms with Crippen molar-refractivity contribution in [2.24, 2.45) is 0 Å². The van der Waals surface area contributed by atoms with Crippen LogP contribution in [0.25, 0.3) is 0 Å². The molecule has 0 fully saturated rings. The van der Waals surface area contributed by atoms with E-state index in [1.165, 1.54) is 0 Å². The van der Waals surface area contributed by atoms with Gasteiger partial charge in [0.05, 0.1) is 0 Å². The second-order valence-electron chi connectivity index (χ2n) is 2.02. The molecule has 0 saturated carbocycles. The zero-order valence-corrected chi connectivity index (χ0v) is 9.56. The Bertz CT molecular complexity index is 209. The van der Waals surface area contributed by atoms with E-state index >= 15 is 0 Å². The fourth-order valence-electron chi connectivity index (χ4n) is 0.622. The Morgan fingerprint density at radius 2 is 1.40 bits per heavy atom. The minimum absolute atomic E-state index is 0.520. The van der Waals surface area contributed by atoms with E-state index in [1.807, 2.05) is 0 Å². The molecule has 0 bridgehead atoms. The Labute approximate surface area is 91.9 Å². The molecule has 10 heavy (non-hydrogen) atoms. The summed E-state index contributed by atoms with van der Waals surface area (Å²) in [5.74, 6) is 0. The van der Waals surface area contributed by atoms with E-state index in [0.717, 1.165) is 30.7 Å². The van der Waals surface area contributed by atoms with Crippen LogP contribution in [-0.2, 0) is 0 Å². The molecule has 0 heterocycles. The van der Waals surface area contributed by atoms with E-state index in [9.17, 15) is 0 Å². The maximum atomic E-state index is 5.78. The van der Waals surface area contributed by atoms with Crippen molar-refractivity contribution in [2.75, 3.05) is 0 Å². The van der Waals surface area contributed by atoms with Gasteiger partial charge in [-0.05, 0) is 0 Å².